The van der Waals surface area contributed by atoms with Crippen LogP contribution in [0.1, 0.15) is 79.5 Å². The minimum atomic E-state index is -4.44. The molecule has 268 valence electrons. The molecular weight excluding hydrogens is 678 g/mol. The van der Waals surface area contributed by atoms with Gasteiger partial charge in [-0.15, -0.1) is 0 Å². The molecule has 0 radical (unpaired) electrons. The summed E-state index contributed by atoms with van der Waals surface area (Å²) in [4.78, 5) is 0. The Morgan fingerprint density at radius 2 is 1.43 bits per heavy atom. The number of benzene rings is 6. The second-order valence-corrected chi connectivity index (χ2v) is 16.2. The zero-order valence-electron chi connectivity index (χ0n) is 30.9. The zero-order valence-corrected chi connectivity index (χ0v) is 30.9. The molecule has 0 N–H and O–H groups in total. The van der Waals surface area contributed by atoms with Crippen molar-refractivity contribution in [2.75, 3.05) is 7.11 Å². The van der Waals surface area contributed by atoms with Gasteiger partial charge in [0.15, 0.2) is 5.60 Å². The van der Waals surface area contributed by atoms with Crippen LogP contribution in [0, 0.1) is 0 Å². The van der Waals surface area contributed by atoms with Gasteiger partial charge in [-0.25, -0.2) is 0 Å². The van der Waals surface area contributed by atoms with E-state index in [1.165, 1.54) is 50.8 Å². The van der Waals surface area contributed by atoms with Gasteiger partial charge in [0.05, 0.1) is 12.7 Å². The van der Waals surface area contributed by atoms with E-state index in [2.05, 4.69) is 92.7 Å². The fourth-order valence-corrected chi connectivity index (χ4v) is 10.1. The number of methoxy groups -OCH3 is 1. The summed E-state index contributed by atoms with van der Waals surface area (Å²) in [5, 5.41) is 4.45. The highest BCUT2D eigenvalue weighted by Crippen LogP contribution is 2.60. The van der Waals surface area contributed by atoms with Crippen LogP contribution < -0.4 is 9.47 Å². The highest BCUT2D eigenvalue weighted by atomic mass is 19.4. The molecule has 0 spiro atoms. The summed E-state index contributed by atoms with van der Waals surface area (Å²) in [6.07, 6.45) is 4.01. The first-order chi connectivity index (χ1) is 25.8. The highest BCUT2D eigenvalue weighted by Gasteiger charge is 2.48. The van der Waals surface area contributed by atoms with Gasteiger partial charge in [0, 0.05) is 27.3 Å². The van der Waals surface area contributed by atoms with E-state index in [-0.39, 0.29) is 5.41 Å². The van der Waals surface area contributed by atoms with Crippen molar-refractivity contribution in [3.8, 4) is 22.6 Å². The molecule has 1 atom stereocenters. The van der Waals surface area contributed by atoms with E-state index >= 15 is 0 Å². The van der Waals surface area contributed by atoms with Gasteiger partial charge in [0.2, 0.25) is 0 Å². The predicted octanol–water partition coefficient (Wildman–Crippen LogP) is 13.1. The standard InChI is InChI=1S/C49H39F3O2/c1-46(2)39-23-14-28-10-6-7-11-33(28)42(39)36-21-17-30(26-40(36)46)48(29-15-19-32(53-5)20-16-29)25-24-38-44-43(34-12-8-9-13-35(34)45(38)54-48)37-22-18-31(49(50,51)52)27-41(37)47(44,3)4/h6-16,18-20,22-27H,17,21H2,1-5H3. The van der Waals surface area contributed by atoms with Crippen molar-refractivity contribution >= 4 is 33.2 Å². The number of hydrogen-bond donors (Lipinski definition) is 0. The molecular formula is C49H39F3O2. The Hall–Kier alpha value is -5.55. The Balaban J connectivity index is 1.20. The summed E-state index contributed by atoms with van der Waals surface area (Å²) in [5.41, 5.74) is 9.51. The molecule has 1 heterocycles. The lowest BCUT2D eigenvalue weighted by Crippen LogP contribution is -2.37. The smallest absolute Gasteiger partial charge is 0.416 e. The molecule has 0 bridgehead atoms. The number of fused-ring (bicyclic) bond motifs is 12. The van der Waals surface area contributed by atoms with Crippen LogP contribution >= 0.6 is 0 Å². The molecule has 10 rings (SSSR count). The number of allylic oxidation sites excluding steroid dienone is 3. The van der Waals surface area contributed by atoms with Crippen LogP contribution in [0.5, 0.6) is 11.5 Å². The quantitative estimate of drug-likeness (QED) is 0.182. The molecule has 0 saturated carbocycles. The van der Waals surface area contributed by atoms with Crippen molar-refractivity contribution in [2.45, 2.75) is 63.1 Å². The molecule has 6 aromatic carbocycles. The zero-order chi connectivity index (χ0) is 37.4. The number of halogens is 3. The van der Waals surface area contributed by atoms with Crippen LogP contribution in [0.25, 0.3) is 44.3 Å². The Bertz CT molecular complexity index is 2710. The van der Waals surface area contributed by atoms with Crippen molar-refractivity contribution in [3.05, 3.63) is 165 Å². The van der Waals surface area contributed by atoms with Crippen LogP contribution in [0.15, 0.2) is 126 Å². The van der Waals surface area contributed by atoms with Gasteiger partial charge < -0.3 is 9.47 Å². The molecule has 6 aromatic rings. The van der Waals surface area contributed by atoms with Crippen molar-refractivity contribution in [2.24, 2.45) is 0 Å². The summed E-state index contributed by atoms with van der Waals surface area (Å²) in [7, 11) is 1.67. The monoisotopic (exact) mass is 716 g/mol. The fraction of sp³-hybridized carbons (Fsp3) is 0.224. The lowest BCUT2D eigenvalue weighted by Gasteiger charge is -2.41. The normalized spacial score (nSPS) is 20.2. The van der Waals surface area contributed by atoms with Crippen molar-refractivity contribution in [1.82, 2.24) is 0 Å². The summed E-state index contributed by atoms with van der Waals surface area (Å²) in [6, 6.07) is 33.8. The van der Waals surface area contributed by atoms with Gasteiger partial charge in [0.25, 0.3) is 0 Å². The highest BCUT2D eigenvalue weighted by molar-refractivity contribution is 6.08. The molecule has 0 amide bonds. The molecule has 5 heteroatoms. The van der Waals surface area contributed by atoms with Gasteiger partial charge in [-0.3, -0.25) is 0 Å². The second-order valence-electron chi connectivity index (χ2n) is 16.2. The molecule has 1 aliphatic heterocycles. The van der Waals surface area contributed by atoms with E-state index in [1.54, 1.807) is 13.2 Å². The third kappa shape index (κ3) is 4.35. The van der Waals surface area contributed by atoms with E-state index in [0.717, 1.165) is 62.9 Å². The first kappa shape index (κ1) is 33.1. The summed E-state index contributed by atoms with van der Waals surface area (Å²) < 4.78 is 55.4. The van der Waals surface area contributed by atoms with Crippen LogP contribution in [-0.4, -0.2) is 7.11 Å². The van der Waals surface area contributed by atoms with Gasteiger partial charge in [-0.05, 0) is 109 Å². The van der Waals surface area contributed by atoms with Crippen LogP contribution in [0.2, 0.25) is 0 Å². The van der Waals surface area contributed by atoms with E-state index in [4.69, 9.17) is 9.47 Å². The van der Waals surface area contributed by atoms with E-state index < -0.39 is 22.8 Å². The van der Waals surface area contributed by atoms with Crippen molar-refractivity contribution in [3.63, 3.8) is 0 Å². The van der Waals surface area contributed by atoms with E-state index in [0.29, 0.717) is 5.56 Å². The molecule has 0 aromatic heterocycles. The first-order valence-corrected chi connectivity index (χ1v) is 18.7. The molecule has 4 aliphatic rings. The summed E-state index contributed by atoms with van der Waals surface area (Å²) >= 11 is 0. The Morgan fingerprint density at radius 1 is 0.704 bits per heavy atom. The maximum atomic E-state index is 14.1. The van der Waals surface area contributed by atoms with Crippen molar-refractivity contribution in [1.29, 1.82) is 0 Å². The van der Waals surface area contributed by atoms with E-state index in [1.807, 2.05) is 38.1 Å². The van der Waals surface area contributed by atoms with Gasteiger partial charge in [-0.2, -0.15) is 13.2 Å². The Kier molecular flexibility index (Phi) is 6.74. The van der Waals surface area contributed by atoms with Crippen molar-refractivity contribution < 1.29 is 22.6 Å². The SMILES string of the molecule is COc1ccc(C2(C3=CC4=C(CC3)c3c(ccc5ccccc35)C4(C)C)C=Cc3c4c(c5ccccc5c3O2)-c2ccc(C(F)(F)F)cc2C4(C)C)cc1. The predicted molar refractivity (Wildman–Crippen MR) is 212 cm³/mol. The Labute approximate surface area is 313 Å². The minimum Gasteiger partial charge on any atom is -0.497 e. The number of alkyl halides is 3. The molecule has 3 aliphatic carbocycles. The van der Waals surface area contributed by atoms with Crippen LogP contribution in [-0.2, 0) is 22.6 Å². The lowest BCUT2D eigenvalue weighted by atomic mass is 9.73. The number of hydrogen-bond acceptors (Lipinski definition) is 2. The molecule has 54 heavy (non-hydrogen) atoms. The van der Waals surface area contributed by atoms with Gasteiger partial charge in [0.1, 0.15) is 11.5 Å². The number of rotatable bonds is 3. The third-order valence-corrected chi connectivity index (χ3v) is 12.7. The average molecular weight is 717 g/mol. The summed E-state index contributed by atoms with van der Waals surface area (Å²) in [6.45, 7) is 8.73. The second kappa shape index (κ2) is 11.0. The molecule has 0 saturated heterocycles. The van der Waals surface area contributed by atoms with E-state index in [9.17, 15) is 13.2 Å². The molecule has 2 nitrogen and oxygen atoms in total. The molecule has 0 fully saturated rings. The maximum absolute atomic E-state index is 14.1. The fourth-order valence-electron chi connectivity index (χ4n) is 10.1. The van der Waals surface area contributed by atoms with Gasteiger partial charge >= 0.3 is 6.18 Å². The van der Waals surface area contributed by atoms with Crippen LogP contribution in [0.3, 0.4) is 0 Å². The lowest BCUT2D eigenvalue weighted by molar-refractivity contribution is -0.137. The maximum Gasteiger partial charge on any atom is 0.416 e. The average Bonchev–Trinajstić information content (AvgIpc) is 3.56. The largest absolute Gasteiger partial charge is 0.497 e. The summed E-state index contributed by atoms with van der Waals surface area (Å²) in [5.74, 6) is 1.51. The number of ether oxygens (including phenoxy) is 2. The Morgan fingerprint density at radius 3 is 2.17 bits per heavy atom. The minimum absolute atomic E-state index is 0.212. The topological polar surface area (TPSA) is 18.5 Å². The van der Waals surface area contributed by atoms with Gasteiger partial charge in [-0.1, -0.05) is 119 Å². The third-order valence-electron chi connectivity index (χ3n) is 12.7. The first-order valence-electron chi connectivity index (χ1n) is 18.7. The van der Waals surface area contributed by atoms with Crippen LogP contribution in [0.4, 0.5) is 13.2 Å². The molecule has 1 unspecified atom stereocenters.